The molecule has 0 aliphatic rings. The maximum absolute atomic E-state index is 13.3. The lowest BCUT2D eigenvalue weighted by molar-refractivity contribution is -0.474. The van der Waals surface area contributed by atoms with Crippen LogP contribution in [0.2, 0.25) is 0 Å². The van der Waals surface area contributed by atoms with Crippen LogP contribution in [0.4, 0.5) is 0 Å². The minimum absolute atomic E-state index is 0. The molecular formula is C24H20Br2N6O2S2. The molecule has 0 bridgehead atoms. The summed E-state index contributed by atoms with van der Waals surface area (Å²) in [5, 5.41) is 14.7. The van der Waals surface area contributed by atoms with Crippen molar-refractivity contribution in [2.75, 3.05) is 0 Å². The summed E-state index contributed by atoms with van der Waals surface area (Å²) in [6, 6.07) is 22.4. The number of benzene rings is 3. The average Bonchev–Trinajstić information content (AvgIpc) is 3.48. The van der Waals surface area contributed by atoms with E-state index in [-0.39, 0.29) is 34.0 Å². The number of aromatic nitrogens is 6. The van der Waals surface area contributed by atoms with Crippen molar-refractivity contribution in [3.63, 3.8) is 0 Å². The molecule has 0 unspecified atom stereocenters. The van der Waals surface area contributed by atoms with Gasteiger partial charge in [0.1, 0.15) is 5.52 Å². The summed E-state index contributed by atoms with van der Waals surface area (Å²) in [4.78, 5) is 29.0. The van der Waals surface area contributed by atoms with E-state index in [9.17, 15) is 10.1 Å². The first-order chi connectivity index (χ1) is 16.7. The van der Waals surface area contributed by atoms with Crippen LogP contribution in [0.15, 0.2) is 83.1 Å². The van der Waals surface area contributed by atoms with Crippen LogP contribution in [-0.4, -0.2) is 24.7 Å². The fourth-order valence-electron chi connectivity index (χ4n) is 3.89. The summed E-state index contributed by atoms with van der Waals surface area (Å²) >= 11 is 2.80. The topological polar surface area (TPSA) is 108 Å². The lowest BCUT2D eigenvalue weighted by Crippen LogP contribution is -2.27. The summed E-state index contributed by atoms with van der Waals surface area (Å²) in [6.45, 7) is 0. The van der Waals surface area contributed by atoms with E-state index < -0.39 is 0 Å². The van der Waals surface area contributed by atoms with Crippen LogP contribution in [0.5, 0.6) is 0 Å². The summed E-state index contributed by atoms with van der Waals surface area (Å²) < 4.78 is 1.74. The van der Waals surface area contributed by atoms with Crippen LogP contribution in [-0.2, 0) is 11.5 Å². The summed E-state index contributed by atoms with van der Waals surface area (Å²) in [7, 11) is 0. The highest BCUT2D eigenvalue weighted by Gasteiger charge is 2.23. The van der Waals surface area contributed by atoms with E-state index >= 15 is 0 Å². The Bertz CT molecular complexity index is 1670. The highest BCUT2D eigenvalue weighted by Crippen LogP contribution is 2.28. The molecule has 3 heterocycles. The molecule has 0 spiro atoms. The predicted molar refractivity (Wildman–Crippen MR) is 156 cm³/mol. The number of aromatic amines is 2. The number of nitrogens with one attached hydrogen (secondary N) is 2. The molecule has 2 N–H and O–H groups in total. The van der Waals surface area contributed by atoms with Crippen LogP contribution >= 0.6 is 57.5 Å². The van der Waals surface area contributed by atoms with E-state index in [1.54, 1.807) is 24.3 Å². The molecule has 0 amide bonds. The molecule has 3 aromatic heterocycles. The van der Waals surface area contributed by atoms with Gasteiger partial charge < -0.3 is 19.9 Å². The van der Waals surface area contributed by atoms with Crippen LogP contribution in [0.3, 0.4) is 0 Å². The molecule has 36 heavy (non-hydrogen) atoms. The van der Waals surface area contributed by atoms with Crippen molar-refractivity contribution in [2.45, 2.75) is 21.8 Å². The van der Waals surface area contributed by atoms with Gasteiger partial charge in [-0.15, -0.1) is 34.0 Å². The number of fused-ring (bicyclic) bond motifs is 3. The van der Waals surface area contributed by atoms with Crippen molar-refractivity contribution in [1.82, 2.24) is 24.7 Å². The van der Waals surface area contributed by atoms with Crippen molar-refractivity contribution >= 4 is 90.6 Å². The average molecular weight is 648 g/mol. The van der Waals surface area contributed by atoms with E-state index in [0.29, 0.717) is 44.2 Å². The normalized spacial score (nSPS) is 11.0. The number of hydrogen-bond donors (Lipinski definition) is 2. The summed E-state index contributed by atoms with van der Waals surface area (Å²) in [5.41, 5.74) is 5.07. The fourth-order valence-corrected chi connectivity index (χ4v) is 5.69. The molecular weight excluding hydrogens is 628 g/mol. The Kier molecular flexibility index (Phi) is 8.08. The second-order valence-electron chi connectivity index (χ2n) is 7.67. The minimum Gasteiger partial charge on any atom is -0.805 e. The lowest BCUT2D eigenvalue weighted by atomic mass is 10.2. The molecule has 184 valence electrons. The van der Waals surface area contributed by atoms with Gasteiger partial charge in [0, 0.05) is 16.7 Å². The minimum atomic E-state index is 0. The number of rotatable bonds is 6. The van der Waals surface area contributed by atoms with Crippen molar-refractivity contribution in [1.29, 1.82) is 0 Å². The lowest BCUT2D eigenvalue weighted by Gasteiger charge is -2.18. The van der Waals surface area contributed by atoms with Gasteiger partial charge in [0.2, 0.25) is 0 Å². The first-order valence-electron chi connectivity index (χ1n) is 10.6. The first kappa shape index (κ1) is 26.3. The third-order valence-corrected chi connectivity index (χ3v) is 7.34. The SMILES string of the molecule is Br.Br.O=[n+]1c(CSc2nc3ccccc3[nH]2)c(CSc2nc3ccccc3[nH]2)n([O-])c2ccccc21. The number of halogens is 2. The maximum Gasteiger partial charge on any atom is 0.286 e. The smallest absolute Gasteiger partial charge is 0.286 e. The van der Waals surface area contributed by atoms with Gasteiger partial charge >= 0.3 is 0 Å². The molecule has 0 fully saturated rings. The number of para-hydroxylation sites is 6. The standard InChI is InChI=1S/C24H18N6O2S2.2BrH/c31-29-19-11-5-6-12-20(19)30(32)22(14-34-24-27-17-9-3-4-10-18(17)28-24)21(29)13-33-23-25-15-7-1-2-8-16(15)26-23;;/h1-12H,13-14H2,(H,25,26)(H,27,28);2*1H. The van der Waals surface area contributed by atoms with Crippen LogP contribution in [0, 0.1) is 10.1 Å². The van der Waals surface area contributed by atoms with Crippen molar-refractivity contribution in [3.8, 4) is 0 Å². The van der Waals surface area contributed by atoms with E-state index in [0.717, 1.165) is 31.2 Å². The summed E-state index contributed by atoms with van der Waals surface area (Å²) in [6.07, 6.45) is 0. The van der Waals surface area contributed by atoms with Gasteiger partial charge in [0.15, 0.2) is 10.3 Å². The van der Waals surface area contributed by atoms with Gasteiger partial charge in [0.25, 0.3) is 11.2 Å². The van der Waals surface area contributed by atoms with Gasteiger partial charge in [-0.2, -0.15) is 0 Å². The van der Waals surface area contributed by atoms with E-state index in [4.69, 9.17) is 0 Å². The zero-order valence-corrected chi connectivity index (χ0v) is 23.6. The van der Waals surface area contributed by atoms with Gasteiger partial charge in [0.05, 0.1) is 37.9 Å². The first-order valence-corrected chi connectivity index (χ1v) is 12.5. The monoisotopic (exact) mass is 646 g/mol. The second kappa shape index (κ2) is 11.1. The largest absolute Gasteiger partial charge is 0.805 e. The van der Waals surface area contributed by atoms with Gasteiger partial charge in [-0.3, -0.25) is 0 Å². The fraction of sp³-hybridized carbons (Fsp3) is 0.0833. The second-order valence-corrected chi connectivity index (χ2v) is 9.59. The highest BCUT2D eigenvalue weighted by atomic mass is 79.9. The van der Waals surface area contributed by atoms with Crippen LogP contribution in [0.25, 0.3) is 33.1 Å². The zero-order valence-electron chi connectivity index (χ0n) is 18.6. The molecule has 0 aliphatic heterocycles. The van der Waals surface area contributed by atoms with E-state index in [1.807, 2.05) is 48.5 Å². The maximum atomic E-state index is 13.3. The number of H-pyrrole nitrogens is 2. The number of hydrogen-bond acceptors (Lipinski definition) is 6. The van der Waals surface area contributed by atoms with Crippen LogP contribution in [0.1, 0.15) is 11.4 Å². The zero-order chi connectivity index (χ0) is 23.1. The molecule has 6 aromatic rings. The molecule has 0 saturated carbocycles. The third kappa shape index (κ3) is 4.90. The Morgan fingerprint density at radius 1 is 0.778 bits per heavy atom. The number of thioether (sulfide) groups is 2. The predicted octanol–water partition coefficient (Wildman–Crippen LogP) is 6.39. The Hall–Kier alpha value is -2.80. The Morgan fingerprint density at radius 2 is 1.31 bits per heavy atom. The molecule has 0 radical (unpaired) electrons. The molecule has 3 aromatic carbocycles. The van der Waals surface area contributed by atoms with E-state index in [2.05, 4.69) is 19.9 Å². The highest BCUT2D eigenvalue weighted by molar-refractivity contribution is 8.93. The molecule has 0 aliphatic carbocycles. The molecule has 8 nitrogen and oxygen atoms in total. The van der Waals surface area contributed by atoms with Crippen LogP contribution < -0.4 is 4.43 Å². The quantitative estimate of drug-likeness (QED) is 0.160. The molecule has 12 heteroatoms. The van der Waals surface area contributed by atoms with Crippen molar-refractivity contribution < 1.29 is 4.43 Å². The Morgan fingerprint density at radius 3 is 1.92 bits per heavy atom. The summed E-state index contributed by atoms with van der Waals surface area (Å²) in [5.74, 6) is 0.596. The van der Waals surface area contributed by atoms with Crippen molar-refractivity contribution in [3.05, 3.63) is 94.3 Å². The van der Waals surface area contributed by atoms with Gasteiger partial charge in [-0.25, -0.2) is 9.97 Å². The Balaban J connectivity index is 0.00000152. The molecule has 0 atom stereocenters. The van der Waals surface area contributed by atoms with Gasteiger partial charge in [-0.05, 0) is 30.3 Å². The third-order valence-electron chi connectivity index (χ3n) is 5.57. The Labute approximate surface area is 234 Å². The molecule has 0 saturated heterocycles. The van der Waals surface area contributed by atoms with Gasteiger partial charge in [-0.1, -0.05) is 59.9 Å². The number of imidazole rings is 2. The van der Waals surface area contributed by atoms with E-state index in [1.165, 1.54) is 23.5 Å². The number of nitrogens with zero attached hydrogens (tertiary/aromatic N) is 4. The van der Waals surface area contributed by atoms with Crippen molar-refractivity contribution in [2.24, 2.45) is 0 Å². The molecule has 6 rings (SSSR count).